The summed E-state index contributed by atoms with van der Waals surface area (Å²) in [6.07, 6.45) is 2.89. The maximum atomic E-state index is 11.1. The second-order valence-corrected chi connectivity index (χ2v) is 6.44. The van der Waals surface area contributed by atoms with Crippen molar-refractivity contribution in [1.29, 1.82) is 0 Å². The largest absolute Gasteiger partial charge is 0.480 e. The summed E-state index contributed by atoms with van der Waals surface area (Å²) in [5, 5.41) is 8.42. The first-order valence-electron chi connectivity index (χ1n) is 8.16. The predicted molar refractivity (Wildman–Crippen MR) is 104 cm³/mol. The normalized spacial score (nSPS) is 11.9. The first-order valence-corrected chi connectivity index (χ1v) is 8.68. The third-order valence-corrected chi connectivity index (χ3v) is 4.60. The Morgan fingerprint density at radius 2 is 1.56 bits per heavy atom. The monoisotopic (exact) mass is 349 g/mol. The molecule has 0 saturated heterocycles. The molecule has 1 heterocycles. The van der Waals surface area contributed by atoms with E-state index in [1.807, 2.05) is 54.6 Å². The van der Waals surface area contributed by atoms with Crippen molar-refractivity contribution in [2.24, 2.45) is 0 Å². The van der Waals surface area contributed by atoms with Crippen molar-refractivity contribution in [2.45, 2.75) is 18.1 Å². The zero-order valence-corrected chi connectivity index (χ0v) is 14.6. The summed E-state index contributed by atoms with van der Waals surface area (Å²) in [5.74, 6) is -0.887. The highest BCUT2D eigenvalue weighted by atomic mass is 32.1. The Morgan fingerprint density at radius 1 is 0.960 bits per heavy atom. The van der Waals surface area contributed by atoms with E-state index in [2.05, 4.69) is 29.7 Å². The number of benzene rings is 2. The molecule has 0 aliphatic rings. The Bertz CT molecular complexity index is 850. The molecule has 1 N–H and O–H groups in total. The molecule has 25 heavy (non-hydrogen) atoms. The van der Waals surface area contributed by atoms with E-state index in [1.165, 1.54) is 0 Å². The van der Waals surface area contributed by atoms with Gasteiger partial charge >= 0.3 is 5.97 Å². The van der Waals surface area contributed by atoms with Crippen LogP contribution >= 0.6 is 12.6 Å². The summed E-state index contributed by atoms with van der Waals surface area (Å²) < 4.78 is 0. The number of hydrogen-bond donors (Lipinski definition) is 2. The van der Waals surface area contributed by atoms with Crippen molar-refractivity contribution < 1.29 is 9.90 Å². The quantitative estimate of drug-likeness (QED) is 0.633. The number of rotatable bonds is 6. The van der Waals surface area contributed by atoms with Crippen LogP contribution in [-0.2, 0) is 11.2 Å². The van der Waals surface area contributed by atoms with Crippen molar-refractivity contribution in [3.63, 3.8) is 0 Å². The molecule has 2 aromatic carbocycles. The maximum Gasteiger partial charge on any atom is 0.316 e. The lowest BCUT2D eigenvalue weighted by atomic mass is 9.92. The van der Waals surface area contributed by atoms with Gasteiger partial charge in [0.15, 0.2) is 0 Å². The molecule has 4 heteroatoms. The summed E-state index contributed by atoms with van der Waals surface area (Å²) in [6, 6.07) is 22.1. The molecular formula is C21H19NO2S. The first kappa shape index (κ1) is 17.2. The summed E-state index contributed by atoms with van der Waals surface area (Å²) in [5.41, 5.74) is 5.18. The number of aryl methyl sites for hydroxylation is 1. The number of thiol groups is 1. The molecule has 3 nitrogen and oxygen atoms in total. The van der Waals surface area contributed by atoms with Crippen LogP contribution in [0.3, 0.4) is 0 Å². The van der Waals surface area contributed by atoms with Gasteiger partial charge in [-0.3, -0.25) is 9.78 Å². The van der Waals surface area contributed by atoms with E-state index < -0.39 is 11.2 Å². The molecule has 0 amide bonds. The van der Waals surface area contributed by atoms with Crippen LogP contribution in [0.2, 0.25) is 0 Å². The zero-order valence-electron chi connectivity index (χ0n) is 13.7. The topological polar surface area (TPSA) is 50.2 Å². The summed E-state index contributed by atoms with van der Waals surface area (Å²) in [6.45, 7) is 0. The van der Waals surface area contributed by atoms with Gasteiger partial charge in [-0.15, -0.1) is 0 Å². The number of nitrogens with zero attached hydrogens (tertiary/aromatic N) is 1. The van der Waals surface area contributed by atoms with Crippen molar-refractivity contribution in [1.82, 2.24) is 4.98 Å². The van der Waals surface area contributed by atoms with E-state index in [4.69, 9.17) is 5.11 Å². The number of aromatic nitrogens is 1. The van der Waals surface area contributed by atoms with Gasteiger partial charge in [-0.05, 0) is 30.0 Å². The standard InChI is InChI=1S/C21H19NO2S/c23-21(24)18(25)12-11-16-13-14-22-20(17-9-5-2-6-10-17)19(16)15-7-3-1-4-8-15/h1-10,13-14,18,25H,11-12H2,(H,23,24). The predicted octanol–water partition coefficient (Wildman–Crippen LogP) is 4.73. The van der Waals surface area contributed by atoms with Crippen LogP contribution in [0.15, 0.2) is 72.9 Å². The van der Waals surface area contributed by atoms with Gasteiger partial charge < -0.3 is 5.11 Å². The number of hydrogen-bond acceptors (Lipinski definition) is 3. The molecular weight excluding hydrogens is 330 g/mol. The van der Waals surface area contributed by atoms with Gasteiger partial charge in [0, 0.05) is 17.3 Å². The minimum Gasteiger partial charge on any atom is -0.480 e. The van der Waals surface area contributed by atoms with E-state index in [-0.39, 0.29) is 0 Å². The maximum absolute atomic E-state index is 11.1. The van der Waals surface area contributed by atoms with Gasteiger partial charge in [-0.2, -0.15) is 12.6 Å². The van der Waals surface area contributed by atoms with Crippen LogP contribution in [0.5, 0.6) is 0 Å². The fraction of sp³-hybridized carbons (Fsp3) is 0.143. The van der Waals surface area contributed by atoms with E-state index in [9.17, 15) is 4.79 Å². The smallest absolute Gasteiger partial charge is 0.316 e. The van der Waals surface area contributed by atoms with Crippen LogP contribution in [0.1, 0.15) is 12.0 Å². The number of carbonyl (C=O) groups is 1. The van der Waals surface area contributed by atoms with Crippen molar-refractivity contribution in [3.05, 3.63) is 78.5 Å². The molecule has 3 aromatic rings. The van der Waals surface area contributed by atoms with Gasteiger partial charge in [0.1, 0.15) is 0 Å². The van der Waals surface area contributed by atoms with Gasteiger partial charge in [-0.25, -0.2) is 0 Å². The summed E-state index contributed by atoms with van der Waals surface area (Å²) in [4.78, 5) is 15.7. The van der Waals surface area contributed by atoms with E-state index >= 15 is 0 Å². The van der Waals surface area contributed by atoms with Crippen LogP contribution in [0.25, 0.3) is 22.4 Å². The molecule has 0 spiro atoms. The second-order valence-electron chi connectivity index (χ2n) is 5.82. The van der Waals surface area contributed by atoms with Gasteiger partial charge in [0.25, 0.3) is 0 Å². The lowest BCUT2D eigenvalue weighted by Crippen LogP contribution is -2.14. The molecule has 1 unspecified atom stereocenters. The van der Waals surface area contributed by atoms with Crippen LogP contribution < -0.4 is 0 Å². The highest BCUT2D eigenvalue weighted by Crippen LogP contribution is 2.34. The molecule has 0 aliphatic carbocycles. The van der Waals surface area contributed by atoms with E-state index in [0.717, 1.165) is 27.9 Å². The van der Waals surface area contributed by atoms with Crippen molar-refractivity contribution in [3.8, 4) is 22.4 Å². The Balaban J connectivity index is 2.07. The van der Waals surface area contributed by atoms with E-state index in [0.29, 0.717) is 12.8 Å². The lowest BCUT2D eigenvalue weighted by Gasteiger charge is -2.15. The number of pyridine rings is 1. The van der Waals surface area contributed by atoms with Gasteiger partial charge in [0.2, 0.25) is 0 Å². The van der Waals surface area contributed by atoms with Gasteiger partial charge in [0.05, 0.1) is 10.9 Å². The zero-order chi connectivity index (χ0) is 17.6. The SMILES string of the molecule is O=C(O)C(S)CCc1ccnc(-c2ccccc2)c1-c1ccccc1. The lowest BCUT2D eigenvalue weighted by molar-refractivity contribution is -0.136. The summed E-state index contributed by atoms with van der Waals surface area (Å²) in [7, 11) is 0. The van der Waals surface area contributed by atoms with E-state index in [1.54, 1.807) is 6.20 Å². The third kappa shape index (κ3) is 4.09. The molecule has 126 valence electrons. The summed E-state index contributed by atoms with van der Waals surface area (Å²) >= 11 is 4.16. The first-order chi connectivity index (χ1) is 12.2. The Hall–Kier alpha value is -2.59. The average molecular weight is 349 g/mol. The molecule has 0 aliphatic heterocycles. The molecule has 0 radical (unpaired) electrons. The number of carboxylic acids is 1. The van der Waals surface area contributed by atoms with Gasteiger partial charge in [-0.1, -0.05) is 60.7 Å². The Morgan fingerprint density at radius 3 is 2.16 bits per heavy atom. The minimum absolute atomic E-state index is 0.469. The van der Waals surface area contributed by atoms with Crippen molar-refractivity contribution >= 4 is 18.6 Å². The average Bonchev–Trinajstić information content (AvgIpc) is 2.67. The fourth-order valence-electron chi connectivity index (χ4n) is 2.87. The minimum atomic E-state index is -0.887. The van der Waals surface area contributed by atoms with Crippen LogP contribution in [0, 0.1) is 0 Å². The molecule has 1 atom stereocenters. The fourth-order valence-corrected chi connectivity index (χ4v) is 3.00. The number of carboxylic acid groups (broad SMARTS) is 1. The second kappa shape index (κ2) is 7.99. The van der Waals surface area contributed by atoms with Crippen molar-refractivity contribution in [2.75, 3.05) is 0 Å². The van der Waals surface area contributed by atoms with Crippen LogP contribution in [0.4, 0.5) is 0 Å². The molecule has 0 saturated carbocycles. The molecule has 3 rings (SSSR count). The molecule has 0 fully saturated rings. The highest BCUT2D eigenvalue weighted by molar-refractivity contribution is 7.81. The van der Waals surface area contributed by atoms with Crippen LogP contribution in [-0.4, -0.2) is 21.3 Å². The highest BCUT2D eigenvalue weighted by Gasteiger charge is 2.17. The Kier molecular flexibility index (Phi) is 5.51. The third-order valence-electron chi connectivity index (χ3n) is 4.12. The number of aliphatic carboxylic acids is 1. The Labute approximate surface area is 152 Å². The molecule has 1 aromatic heterocycles. The molecule has 0 bridgehead atoms.